The number of halogens is 1. The highest BCUT2D eigenvalue weighted by atomic mass is 79.9. The molecule has 0 spiro atoms. The zero-order valence-corrected chi connectivity index (χ0v) is 10.6. The van der Waals surface area contributed by atoms with Gasteiger partial charge in [-0.15, -0.1) is 0 Å². The van der Waals surface area contributed by atoms with Crippen molar-refractivity contribution >= 4 is 15.9 Å². The van der Waals surface area contributed by atoms with Crippen LogP contribution < -0.4 is 5.32 Å². The third-order valence-corrected chi connectivity index (χ3v) is 2.84. The van der Waals surface area contributed by atoms with Crippen molar-refractivity contribution < 1.29 is 4.42 Å². The van der Waals surface area contributed by atoms with Gasteiger partial charge in [0.1, 0.15) is 5.76 Å². The fourth-order valence-electron chi connectivity index (χ4n) is 1.53. The normalized spacial score (nSPS) is 13.5. The van der Waals surface area contributed by atoms with E-state index in [1.165, 1.54) is 0 Å². The van der Waals surface area contributed by atoms with Gasteiger partial charge in [-0.2, -0.15) is 0 Å². The first-order chi connectivity index (χ1) is 6.63. The lowest BCUT2D eigenvalue weighted by atomic mass is 10.0. The molecule has 0 aliphatic rings. The molecular formula is C11H18BrNO. The average Bonchev–Trinajstić information content (AvgIpc) is 2.52. The van der Waals surface area contributed by atoms with Crippen molar-refractivity contribution in [3.63, 3.8) is 0 Å². The summed E-state index contributed by atoms with van der Waals surface area (Å²) < 4.78 is 6.21. The van der Waals surface area contributed by atoms with Crippen molar-refractivity contribution in [3.8, 4) is 0 Å². The summed E-state index contributed by atoms with van der Waals surface area (Å²) in [6.45, 7) is 7.48. The summed E-state index contributed by atoms with van der Waals surface area (Å²) in [5.74, 6) is 1.65. The minimum Gasteiger partial charge on any atom is -0.453 e. The van der Waals surface area contributed by atoms with E-state index >= 15 is 0 Å². The summed E-state index contributed by atoms with van der Waals surface area (Å²) in [5, 5.41) is 3.48. The maximum atomic E-state index is 5.41. The molecule has 1 unspecified atom stereocenters. The third-order valence-electron chi connectivity index (χ3n) is 2.41. The Balaban J connectivity index is 2.39. The standard InChI is InChI=1S/C11H18BrNO/c1-4-10(8(2)3)13-7-9-5-6-11(12)14-9/h5-6,8,10,13H,4,7H2,1-3H3. The molecule has 0 radical (unpaired) electrons. The lowest BCUT2D eigenvalue weighted by molar-refractivity contribution is 0.364. The van der Waals surface area contributed by atoms with E-state index in [0.29, 0.717) is 12.0 Å². The summed E-state index contributed by atoms with van der Waals surface area (Å²) >= 11 is 3.29. The van der Waals surface area contributed by atoms with Gasteiger partial charge in [0.05, 0.1) is 6.54 Å². The molecule has 0 aliphatic carbocycles. The van der Waals surface area contributed by atoms with E-state index in [4.69, 9.17) is 4.42 Å². The van der Waals surface area contributed by atoms with E-state index in [-0.39, 0.29) is 0 Å². The Morgan fingerprint density at radius 1 is 1.43 bits per heavy atom. The van der Waals surface area contributed by atoms with Gasteiger partial charge in [-0.25, -0.2) is 0 Å². The molecule has 0 amide bonds. The molecule has 80 valence electrons. The summed E-state index contributed by atoms with van der Waals surface area (Å²) in [6.07, 6.45) is 1.15. The molecule has 1 aromatic heterocycles. The fourth-order valence-corrected chi connectivity index (χ4v) is 1.87. The van der Waals surface area contributed by atoms with Gasteiger partial charge in [0.25, 0.3) is 0 Å². The minimum absolute atomic E-state index is 0.568. The average molecular weight is 260 g/mol. The SMILES string of the molecule is CCC(NCc1ccc(Br)o1)C(C)C. The van der Waals surface area contributed by atoms with Crippen LogP contribution in [-0.2, 0) is 6.54 Å². The molecular weight excluding hydrogens is 242 g/mol. The van der Waals surface area contributed by atoms with Gasteiger partial charge in [0.2, 0.25) is 0 Å². The Hall–Kier alpha value is -0.280. The Bertz CT molecular complexity index is 270. The summed E-state index contributed by atoms with van der Waals surface area (Å²) in [7, 11) is 0. The van der Waals surface area contributed by atoms with Crippen molar-refractivity contribution in [2.75, 3.05) is 0 Å². The van der Waals surface area contributed by atoms with E-state index in [1.54, 1.807) is 0 Å². The van der Waals surface area contributed by atoms with Crippen LogP contribution in [0.3, 0.4) is 0 Å². The first-order valence-corrected chi connectivity index (χ1v) is 5.90. The van der Waals surface area contributed by atoms with Crippen LogP contribution in [0.2, 0.25) is 0 Å². The highest BCUT2D eigenvalue weighted by Crippen LogP contribution is 2.14. The van der Waals surface area contributed by atoms with Gasteiger partial charge in [-0.05, 0) is 40.4 Å². The van der Waals surface area contributed by atoms with E-state index in [2.05, 4.69) is 42.0 Å². The van der Waals surface area contributed by atoms with Crippen LogP contribution in [0.25, 0.3) is 0 Å². The molecule has 2 nitrogen and oxygen atoms in total. The zero-order chi connectivity index (χ0) is 10.6. The number of hydrogen-bond acceptors (Lipinski definition) is 2. The number of furan rings is 1. The maximum absolute atomic E-state index is 5.41. The minimum atomic E-state index is 0.568. The molecule has 0 aliphatic heterocycles. The fraction of sp³-hybridized carbons (Fsp3) is 0.636. The first-order valence-electron chi connectivity index (χ1n) is 5.11. The van der Waals surface area contributed by atoms with Crippen molar-refractivity contribution in [2.45, 2.75) is 39.8 Å². The molecule has 1 aromatic rings. The van der Waals surface area contributed by atoms with Gasteiger partial charge >= 0.3 is 0 Å². The molecule has 3 heteroatoms. The van der Waals surface area contributed by atoms with Crippen LogP contribution in [0.5, 0.6) is 0 Å². The molecule has 1 N–H and O–H groups in total. The second-order valence-corrected chi connectivity index (χ2v) is 4.63. The van der Waals surface area contributed by atoms with Gasteiger partial charge in [0.15, 0.2) is 4.67 Å². The Labute approximate surface area is 94.2 Å². The van der Waals surface area contributed by atoms with Crippen LogP contribution in [0.1, 0.15) is 33.0 Å². The predicted molar refractivity (Wildman–Crippen MR) is 62.2 cm³/mol. The Morgan fingerprint density at radius 2 is 2.14 bits per heavy atom. The molecule has 0 fully saturated rings. The van der Waals surface area contributed by atoms with Crippen molar-refractivity contribution in [3.05, 3.63) is 22.6 Å². The van der Waals surface area contributed by atoms with Gasteiger partial charge in [-0.3, -0.25) is 0 Å². The monoisotopic (exact) mass is 259 g/mol. The van der Waals surface area contributed by atoms with Crippen molar-refractivity contribution in [1.29, 1.82) is 0 Å². The van der Waals surface area contributed by atoms with Crippen LogP contribution in [0.4, 0.5) is 0 Å². The molecule has 0 bridgehead atoms. The largest absolute Gasteiger partial charge is 0.453 e. The van der Waals surface area contributed by atoms with E-state index in [9.17, 15) is 0 Å². The van der Waals surface area contributed by atoms with Gasteiger partial charge in [-0.1, -0.05) is 20.8 Å². The summed E-state index contributed by atoms with van der Waals surface area (Å²) in [4.78, 5) is 0. The lowest BCUT2D eigenvalue weighted by Crippen LogP contribution is -2.32. The van der Waals surface area contributed by atoms with E-state index in [0.717, 1.165) is 23.4 Å². The summed E-state index contributed by atoms with van der Waals surface area (Å²) in [6, 6.07) is 4.48. The first kappa shape index (κ1) is 11.8. The second-order valence-electron chi connectivity index (χ2n) is 3.85. The highest BCUT2D eigenvalue weighted by Gasteiger charge is 2.10. The molecule has 0 aromatic carbocycles. The van der Waals surface area contributed by atoms with Crippen LogP contribution in [-0.4, -0.2) is 6.04 Å². The number of nitrogens with one attached hydrogen (secondary N) is 1. The highest BCUT2D eigenvalue weighted by molar-refractivity contribution is 9.10. The van der Waals surface area contributed by atoms with Gasteiger partial charge in [0, 0.05) is 6.04 Å². The Morgan fingerprint density at radius 3 is 2.57 bits per heavy atom. The second kappa shape index (κ2) is 5.56. The maximum Gasteiger partial charge on any atom is 0.169 e. The number of hydrogen-bond donors (Lipinski definition) is 1. The smallest absolute Gasteiger partial charge is 0.169 e. The van der Waals surface area contributed by atoms with Crippen LogP contribution >= 0.6 is 15.9 Å². The molecule has 14 heavy (non-hydrogen) atoms. The molecule has 1 atom stereocenters. The zero-order valence-electron chi connectivity index (χ0n) is 9.01. The van der Waals surface area contributed by atoms with Crippen LogP contribution in [0, 0.1) is 5.92 Å². The summed E-state index contributed by atoms with van der Waals surface area (Å²) in [5.41, 5.74) is 0. The van der Waals surface area contributed by atoms with E-state index < -0.39 is 0 Å². The predicted octanol–water partition coefficient (Wildman–Crippen LogP) is 3.57. The van der Waals surface area contributed by atoms with Gasteiger partial charge < -0.3 is 9.73 Å². The quantitative estimate of drug-likeness (QED) is 0.875. The Kier molecular flexibility index (Phi) is 4.69. The lowest BCUT2D eigenvalue weighted by Gasteiger charge is -2.19. The van der Waals surface area contributed by atoms with Crippen molar-refractivity contribution in [1.82, 2.24) is 5.32 Å². The molecule has 0 saturated heterocycles. The molecule has 0 saturated carbocycles. The van der Waals surface area contributed by atoms with Crippen molar-refractivity contribution in [2.24, 2.45) is 5.92 Å². The third kappa shape index (κ3) is 3.46. The molecule has 1 rings (SSSR count). The van der Waals surface area contributed by atoms with E-state index in [1.807, 2.05) is 12.1 Å². The number of rotatable bonds is 5. The van der Waals surface area contributed by atoms with Crippen LogP contribution in [0.15, 0.2) is 21.2 Å². The molecule has 1 heterocycles. The topological polar surface area (TPSA) is 25.2 Å².